The third-order valence-corrected chi connectivity index (χ3v) is 11.4. The lowest BCUT2D eigenvalue weighted by atomic mass is 9.94. The maximum atomic E-state index is 13.0. The lowest BCUT2D eigenvalue weighted by Crippen LogP contribution is -2.33. The van der Waals surface area contributed by atoms with Gasteiger partial charge in [0, 0.05) is 19.5 Å². The van der Waals surface area contributed by atoms with Crippen molar-refractivity contribution in [3.05, 3.63) is 0 Å². The Kier molecular flexibility index (Phi) is 40.6. The fourth-order valence-corrected chi connectivity index (χ4v) is 7.58. The molecule has 0 radical (unpaired) electrons. The molecule has 0 aromatic rings. The van der Waals surface area contributed by atoms with Gasteiger partial charge in [-0.15, -0.1) is 0 Å². The topological polar surface area (TPSA) is 59.1 Å². The predicted molar refractivity (Wildman–Crippen MR) is 234 cm³/mol. The summed E-state index contributed by atoms with van der Waals surface area (Å²) in [4.78, 5) is 30.5. The van der Waals surface area contributed by atoms with E-state index in [1.54, 1.807) is 0 Å². The lowest BCUT2D eigenvalue weighted by Gasteiger charge is -2.24. The van der Waals surface area contributed by atoms with Crippen molar-refractivity contribution in [2.45, 2.75) is 233 Å². The first-order chi connectivity index (χ1) is 26.4. The smallest absolute Gasteiger partial charge is 0.308 e. The highest BCUT2D eigenvalue weighted by Crippen LogP contribution is 2.22. The highest BCUT2D eigenvalue weighted by Gasteiger charge is 2.19. The van der Waals surface area contributed by atoms with Gasteiger partial charge in [-0.25, -0.2) is 0 Å². The van der Waals surface area contributed by atoms with Crippen LogP contribution in [-0.2, 0) is 19.1 Å². The molecule has 0 heterocycles. The maximum absolute atomic E-state index is 13.0. The van der Waals surface area contributed by atoms with Gasteiger partial charge in [-0.1, -0.05) is 175 Å². The van der Waals surface area contributed by atoms with E-state index in [9.17, 15) is 9.59 Å². The molecule has 6 heteroatoms. The summed E-state index contributed by atoms with van der Waals surface area (Å²) in [5, 5.41) is 0. The van der Waals surface area contributed by atoms with Crippen molar-refractivity contribution in [3.8, 4) is 0 Å². The minimum absolute atomic E-state index is 0.00643. The summed E-state index contributed by atoms with van der Waals surface area (Å²) in [6.45, 7) is 14.6. The van der Waals surface area contributed by atoms with Gasteiger partial charge in [-0.3, -0.25) is 9.59 Å². The average molecular weight is 765 g/mol. The molecule has 0 aliphatic heterocycles. The number of unbranched alkanes of at least 4 members (excludes halogenated alkanes) is 21. The van der Waals surface area contributed by atoms with Crippen molar-refractivity contribution in [3.63, 3.8) is 0 Å². The summed E-state index contributed by atoms with van der Waals surface area (Å²) >= 11 is 0. The Hall–Kier alpha value is -1.14. The number of carbonyl (C=O) groups excluding carboxylic acids is 2. The van der Waals surface area contributed by atoms with Crippen LogP contribution in [0.3, 0.4) is 0 Å². The SMILES string of the molecule is CCCCCCCCC(CCCCCC)COC(=O)CCCCCN(CCCCCCOC(=O)C(CCCCCC)CCCCCCCC)CCN(C)C. The molecule has 0 amide bonds. The van der Waals surface area contributed by atoms with Gasteiger partial charge in [0.2, 0.25) is 0 Å². The van der Waals surface area contributed by atoms with Crippen molar-refractivity contribution in [1.82, 2.24) is 9.80 Å². The quantitative estimate of drug-likeness (QED) is 0.0455. The molecule has 0 spiro atoms. The average Bonchev–Trinajstić information content (AvgIpc) is 3.16. The van der Waals surface area contributed by atoms with Crippen LogP contribution in [0.5, 0.6) is 0 Å². The van der Waals surface area contributed by atoms with Crippen LogP contribution in [0.2, 0.25) is 0 Å². The Labute approximate surface area is 338 Å². The summed E-state index contributed by atoms with van der Waals surface area (Å²) in [6.07, 6.45) is 38.2. The molecule has 0 saturated carbocycles. The number of hydrogen-bond acceptors (Lipinski definition) is 6. The zero-order valence-electron chi connectivity index (χ0n) is 37.6. The molecule has 0 fully saturated rings. The third kappa shape index (κ3) is 36.5. The number of rotatable bonds is 43. The van der Waals surface area contributed by atoms with Crippen LogP contribution in [-0.4, -0.2) is 75.2 Å². The summed E-state index contributed by atoms with van der Waals surface area (Å²) < 4.78 is 11.7. The molecule has 54 heavy (non-hydrogen) atoms. The monoisotopic (exact) mass is 765 g/mol. The lowest BCUT2D eigenvalue weighted by molar-refractivity contribution is -0.149. The normalized spacial score (nSPS) is 12.8. The zero-order chi connectivity index (χ0) is 39.7. The zero-order valence-corrected chi connectivity index (χ0v) is 37.6. The van der Waals surface area contributed by atoms with Crippen molar-refractivity contribution < 1.29 is 19.1 Å². The molecular weight excluding hydrogens is 669 g/mol. The second-order valence-corrected chi connectivity index (χ2v) is 17.1. The molecule has 322 valence electrons. The Bertz CT molecular complexity index is 791. The van der Waals surface area contributed by atoms with E-state index in [0.29, 0.717) is 25.6 Å². The van der Waals surface area contributed by atoms with E-state index >= 15 is 0 Å². The van der Waals surface area contributed by atoms with Gasteiger partial charge >= 0.3 is 11.9 Å². The summed E-state index contributed by atoms with van der Waals surface area (Å²) in [7, 11) is 4.30. The summed E-state index contributed by atoms with van der Waals surface area (Å²) in [5.41, 5.74) is 0. The Morgan fingerprint density at radius 2 is 0.870 bits per heavy atom. The van der Waals surface area contributed by atoms with Crippen LogP contribution in [0.4, 0.5) is 0 Å². The second-order valence-electron chi connectivity index (χ2n) is 17.1. The van der Waals surface area contributed by atoms with E-state index < -0.39 is 0 Å². The molecule has 2 atom stereocenters. The largest absolute Gasteiger partial charge is 0.465 e. The molecule has 2 unspecified atom stereocenters. The second kappa shape index (κ2) is 41.5. The van der Waals surface area contributed by atoms with Crippen molar-refractivity contribution in [2.75, 3.05) is 53.5 Å². The number of hydrogen-bond donors (Lipinski definition) is 0. The van der Waals surface area contributed by atoms with Gasteiger partial charge in [-0.05, 0) is 84.5 Å². The summed E-state index contributed by atoms with van der Waals surface area (Å²) in [5.74, 6) is 0.705. The first kappa shape index (κ1) is 52.9. The van der Waals surface area contributed by atoms with Crippen LogP contribution in [0.25, 0.3) is 0 Å². The first-order valence-electron chi connectivity index (χ1n) is 24.1. The van der Waals surface area contributed by atoms with Gasteiger partial charge < -0.3 is 19.3 Å². The molecule has 0 aromatic heterocycles. The van der Waals surface area contributed by atoms with E-state index in [1.165, 1.54) is 141 Å². The highest BCUT2D eigenvalue weighted by atomic mass is 16.5. The van der Waals surface area contributed by atoms with E-state index in [4.69, 9.17) is 9.47 Å². The highest BCUT2D eigenvalue weighted by molar-refractivity contribution is 5.72. The van der Waals surface area contributed by atoms with Crippen LogP contribution < -0.4 is 0 Å². The number of ether oxygens (including phenoxy) is 2. The summed E-state index contributed by atoms with van der Waals surface area (Å²) in [6, 6.07) is 0. The van der Waals surface area contributed by atoms with E-state index in [2.05, 4.69) is 51.6 Å². The van der Waals surface area contributed by atoms with Crippen molar-refractivity contribution in [1.29, 1.82) is 0 Å². The van der Waals surface area contributed by atoms with Crippen LogP contribution >= 0.6 is 0 Å². The Morgan fingerprint density at radius 1 is 0.444 bits per heavy atom. The molecule has 0 aromatic carbocycles. The fraction of sp³-hybridized carbons (Fsp3) is 0.958. The Morgan fingerprint density at radius 3 is 1.39 bits per heavy atom. The molecule has 0 N–H and O–H groups in total. The van der Waals surface area contributed by atoms with Gasteiger partial charge in [0.1, 0.15) is 0 Å². The van der Waals surface area contributed by atoms with Crippen LogP contribution in [0, 0.1) is 11.8 Å². The molecule has 0 rings (SSSR count). The molecule has 0 saturated heterocycles. The molecule has 6 nitrogen and oxygen atoms in total. The molecular formula is C48H96N2O4. The van der Waals surface area contributed by atoms with E-state index in [0.717, 1.165) is 84.0 Å². The minimum atomic E-state index is 0.00643. The third-order valence-electron chi connectivity index (χ3n) is 11.4. The number of esters is 2. The van der Waals surface area contributed by atoms with E-state index in [1.807, 2.05) is 0 Å². The number of nitrogens with zero attached hydrogens (tertiary/aromatic N) is 2. The number of likely N-dealkylation sites (N-methyl/N-ethyl adjacent to an activating group) is 1. The number of carbonyl (C=O) groups is 2. The predicted octanol–water partition coefficient (Wildman–Crippen LogP) is 13.7. The van der Waals surface area contributed by atoms with Crippen LogP contribution in [0.15, 0.2) is 0 Å². The van der Waals surface area contributed by atoms with Crippen molar-refractivity contribution in [2.24, 2.45) is 11.8 Å². The Balaban J connectivity index is 4.38. The molecule has 0 bridgehead atoms. The standard InChI is InChI=1S/C48H96N2O4/c1-7-11-15-19-21-27-35-45(34-26-17-13-9-3)44-54-47(51)38-30-25-32-40-50(42-41-49(5)6)39-31-23-24-33-43-53-48(52)46(36-28-18-14-10-4)37-29-22-20-16-12-8-2/h45-46H,7-44H2,1-6H3. The maximum Gasteiger partial charge on any atom is 0.308 e. The van der Waals surface area contributed by atoms with Gasteiger partial charge in [0.05, 0.1) is 19.1 Å². The first-order valence-corrected chi connectivity index (χ1v) is 24.1. The van der Waals surface area contributed by atoms with Crippen molar-refractivity contribution >= 4 is 11.9 Å². The van der Waals surface area contributed by atoms with Gasteiger partial charge in [-0.2, -0.15) is 0 Å². The van der Waals surface area contributed by atoms with Crippen LogP contribution in [0.1, 0.15) is 233 Å². The minimum Gasteiger partial charge on any atom is -0.465 e. The fourth-order valence-electron chi connectivity index (χ4n) is 7.58. The molecule has 0 aliphatic carbocycles. The van der Waals surface area contributed by atoms with Gasteiger partial charge in [0.15, 0.2) is 0 Å². The van der Waals surface area contributed by atoms with Gasteiger partial charge in [0.25, 0.3) is 0 Å². The van der Waals surface area contributed by atoms with E-state index in [-0.39, 0.29) is 17.9 Å². The molecule has 0 aliphatic rings.